The molecule has 0 unspecified atom stereocenters. The van der Waals surface area contributed by atoms with Gasteiger partial charge in [-0.2, -0.15) is 0 Å². The second-order valence-electron chi connectivity index (χ2n) is 7.18. The third-order valence-corrected chi connectivity index (χ3v) is 6.73. The molecule has 1 aromatic rings. The molecule has 0 spiro atoms. The molecule has 4 aliphatic carbocycles. The first kappa shape index (κ1) is 15.2. The van der Waals surface area contributed by atoms with Crippen LogP contribution in [0.25, 0.3) is 0 Å². The highest BCUT2D eigenvalue weighted by Gasteiger charge is 2.48. The van der Waals surface area contributed by atoms with Crippen LogP contribution < -0.4 is 10.6 Å². The SMILES string of the molecule is S=C(Nc1ccc(Br)cc1Cl)NC1C2CC3CC(C2)CC1C3. The van der Waals surface area contributed by atoms with E-state index in [1.165, 1.54) is 32.1 Å². The van der Waals surface area contributed by atoms with Crippen molar-refractivity contribution < 1.29 is 0 Å². The number of rotatable bonds is 2. The molecule has 4 fully saturated rings. The lowest BCUT2D eigenvalue weighted by Crippen LogP contribution is -2.56. The maximum Gasteiger partial charge on any atom is 0.171 e. The largest absolute Gasteiger partial charge is 0.359 e. The summed E-state index contributed by atoms with van der Waals surface area (Å²) in [6.07, 6.45) is 7.06. The van der Waals surface area contributed by atoms with Crippen LogP contribution in [0.5, 0.6) is 0 Å². The summed E-state index contributed by atoms with van der Waals surface area (Å²) in [6, 6.07) is 6.37. The number of anilines is 1. The standard InChI is InChI=1S/C17H20BrClN2S/c18-13-1-2-15(14(19)8-13)20-17(22)21-16-11-4-9-3-10(6-11)7-12(16)5-9/h1-2,8-12,16H,3-7H2,(H2,20,21,22). The van der Waals surface area contributed by atoms with Crippen molar-refractivity contribution >= 4 is 50.5 Å². The molecule has 4 bridgehead atoms. The molecule has 0 heterocycles. The predicted octanol–water partition coefficient (Wildman–Crippen LogP) is 5.21. The van der Waals surface area contributed by atoms with Gasteiger partial charge in [0.15, 0.2) is 5.11 Å². The zero-order chi connectivity index (χ0) is 15.3. The fraction of sp³-hybridized carbons (Fsp3) is 0.588. The summed E-state index contributed by atoms with van der Waals surface area (Å²) in [5, 5.41) is 8.26. The molecule has 118 valence electrons. The average molecular weight is 400 g/mol. The molecule has 22 heavy (non-hydrogen) atoms. The van der Waals surface area contributed by atoms with E-state index in [9.17, 15) is 0 Å². The molecular formula is C17H20BrClN2S. The minimum atomic E-state index is 0.557. The van der Waals surface area contributed by atoms with Gasteiger partial charge in [-0.05, 0) is 86.2 Å². The Hall–Kier alpha value is -0.320. The number of halogens is 2. The second-order valence-corrected chi connectivity index (χ2v) is 8.91. The summed E-state index contributed by atoms with van der Waals surface area (Å²) in [5.41, 5.74) is 0.867. The van der Waals surface area contributed by atoms with Crippen LogP contribution in [0.15, 0.2) is 22.7 Å². The Balaban J connectivity index is 1.42. The summed E-state index contributed by atoms with van der Waals surface area (Å²) in [5.74, 6) is 3.61. The molecule has 0 atom stereocenters. The Morgan fingerprint density at radius 2 is 1.73 bits per heavy atom. The van der Waals surface area contributed by atoms with Crippen LogP contribution >= 0.6 is 39.7 Å². The van der Waals surface area contributed by atoms with Crippen molar-refractivity contribution in [3.8, 4) is 0 Å². The van der Waals surface area contributed by atoms with Crippen LogP contribution in [0.1, 0.15) is 32.1 Å². The number of hydrogen-bond donors (Lipinski definition) is 2. The summed E-state index contributed by atoms with van der Waals surface area (Å²) < 4.78 is 0.975. The molecule has 0 aromatic heterocycles. The molecule has 4 aliphatic rings. The molecule has 0 saturated heterocycles. The molecule has 2 N–H and O–H groups in total. The van der Waals surface area contributed by atoms with E-state index in [2.05, 4.69) is 26.6 Å². The number of benzene rings is 1. The molecule has 0 aliphatic heterocycles. The zero-order valence-corrected chi connectivity index (χ0v) is 15.5. The molecule has 1 aromatic carbocycles. The van der Waals surface area contributed by atoms with Gasteiger partial charge in [0.25, 0.3) is 0 Å². The van der Waals surface area contributed by atoms with E-state index in [1.807, 2.05) is 18.2 Å². The van der Waals surface area contributed by atoms with Crippen LogP contribution in [0.3, 0.4) is 0 Å². The third-order valence-electron chi connectivity index (χ3n) is 5.70. The summed E-state index contributed by atoms with van der Waals surface area (Å²) in [7, 11) is 0. The Labute approximate surface area is 150 Å². The Morgan fingerprint density at radius 1 is 1.09 bits per heavy atom. The van der Waals surface area contributed by atoms with E-state index in [0.29, 0.717) is 16.2 Å². The van der Waals surface area contributed by atoms with Crippen LogP contribution in [-0.4, -0.2) is 11.2 Å². The van der Waals surface area contributed by atoms with E-state index in [1.54, 1.807) is 0 Å². The van der Waals surface area contributed by atoms with Gasteiger partial charge in [-0.1, -0.05) is 27.5 Å². The van der Waals surface area contributed by atoms with Gasteiger partial charge < -0.3 is 10.6 Å². The lowest BCUT2D eigenvalue weighted by Gasteiger charge is -2.54. The van der Waals surface area contributed by atoms with Crippen molar-refractivity contribution in [2.45, 2.75) is 38.1 Å². The van der Waals surface area contributed by atoms with Gasteiger partial charge in [-0.3, -0.25) is 0 Å². The van der Waals surface area contributed by atoms with Crippen molar-refractivity contribution in [2.24, 2.45) is 23.7 Å². The van der Waals surface area contributed by atoms with Crippen LogP contribution in [0.4, 0.5) is 5.69 Å². The van der Waals surface area contributed by atoms with Crippen molar-refractivity contribution in [2.75, 3.05) is 5.32 Å². The molecular weight excluding hydrogens is 380 g/mol. The number of hydrogen-bond acceptors (Lipinski definition) is 1. The molecule has 5 heteroatoms. The van der Waals surface area contributed by atoms with Gasteiger partial charge in [0.05, 0.1) is 10.7 Å². The zero-order valence-electron chi connectivity index (χ0n) is 12.3. The summed E-state index contributed by atoms with van der Waals surface area (Å²) in [4.78, 5) is 0. The van der Waals surface area contributed by atoms with Gasteiger partial charge in [-0.25, -0.2) is 0 Å². The maximum absolute atomic E-state index is 6.26. The smallest absolute Gasteiger partial charge is 0.171 e. The normalized spacial score (nSPS) is 35.5. The first-order valence-corrected chi connectivity index (χ1v) is 9.69. The molecule has 4 saturated carbocycles. The molecule has 2 nitrogen and oxygen atoms in total. The van der Waals surface area contributed by atoms with E-state index >= 15 is 0 Å². The first-order valence-electron chi connectivity index (χ1n) is 8.11. The van der Waals surface area contributed by atoms with Crippen LogP contribution in [-0.2, 0) is 0 Å². The van der Waals surface area contributed by atoms with Gasteiger partial charge in [0.2, 0.25) is 0 Å². The van der Waals surface area contributed by atoms with E-state index < -0.39 is 0 Å². The first-order chi connectivity index (χ1) is 10.6. The monoisotopic (exact) mass is 398 g/mol. The minimum Gasteiger partial charge on any atom is -0.359 e. The highest BCUT2D eigenvalue weighted by atomic mass is 79.9. The second kappa shape index (κ2) is 5.95. The highest BCUT2D eigenvalue weighted by Crippen LogP contribution is 2.53. The molecule has 5 rings (SSSR count). The number of thiocarbonyl (C=S) groups is 1. The van der Waals surface area contributed by atoms with Gasteiger partial charge in [0, 0.05) is 10.5 Å². The summed E-state index contributed by atoms with van der Waals surface area (Å²) in [6.45, 7) is 0. The van der Waals surface area contributed by atoms with Gasteiger partial charge >= 0.3 is 0 Å². The third kappa shape index (κ3) is 2.90. The Kier molecular flexibility index (Phi) is 4.12. The van der Waals surface area contributed by atoms with Crippen molar-refractivity contribution in [1.82, 2.24) is 5.32 Å². The maximum atomic E-state index is 6.26. The Morgan fingerprint density at radius 3 is 2.32 bits per heavy atom. The highest BCUT2D eigenvalue weighted by molar-refractivity contribution is 9.10. The summed E-state index contributed by atoms with van der Waals surface area (Å²) >= 11 is 15.2. The van der Waals surface area contributed by atoms with E-state index in [0.717, 1.165) is 33.8 Å². The van der Waals surface area contributed by atoms with Gasteiger partial charge in [0.1, 0.15) is 0 Å². The van der Waals surface area contributed by atoms with Crippen LogP contribution in [0, 0.1) is 23.7 Å². The quantitative estimate of drug-likeness (QED) is 0.667. The lowest BCUT2D eigenvalue weighted by molar-refractivity contribution is -0.00665. The van der Waals surface area contributed by atoms with Crippen molar-refractivity contribution in [3.05, 3.63) is 27.7 Å². The molecule has 0 radical (unpaired) electrons. The number of nitrogens with one attached hydrogen (secondary N) is 2. The van der Waals surface area contributed by atoms with Crippen molar-refractivity contribution in [1.29, 1.82) is 0 Å². The Bertz CT molecular complexity index is 578. The average Bonchev–Trinajstić information content (AvgIpc) is 2.45. The predicted molar refractivity (Wildman–Crippen MR) is 99.3 cm³/mol. The molecule has 0 amide bonds. The fourth-order valence-corrected chi connectivity index (χ4v) is 6.03. The van der Waals surface area contributed by atoms with Crippen molar-refractivity contribution in [3.63, 3.8) is 0 Å². The topological polar surface area (TPSA) is 24.1 Å². The lowest BCUT2D eigenvalue weighted by atomic mass is 9.54. The van der Waals surface area contributed by atoms with Gasteiger partial charge in [-0.15, -0.1) is 0 Å². The van der Waals surface area contributed by atoms with E-state index in [4.69, 9.17) is 23.8 Å². The van der Waals surface area contributed by atoms with Crippen LogP contribution in [0.2, 0.25) is 5.02 Å². The van der Waals surface area contributed by atoms with E-state index in [-0.39, 0.29) is 0 Å². The minimum absolute atomic E-state index is 0.557. The fourth-order valence-electron chi connectivity index (χ4n) is 5.06.